The van der Waals surface area contributed by atoms with E-state index in [2.05, 4.69) is 16.6 Å². The predicted octanol–water partition coefficient (Wildman–Crippen LogP) is 1.22. The van der Waals surface area contributed by atoms with Crippen LogP contribution in [0.2, 0.25) is 0 Å². The van der Waals surface area contributed by atoms with E-state index in [4.69, 9.17) is 4.74 Å². The van der Waals surface area contributed by atoms with E-state index in [1.165, 1.54) is 7.11 Å². The largest absolute Gasteiger partial charge is 0.466 e. The molecule has 16 heavy (non-hydrogen) atoms. The summed E-state index contributed by atoms with van der Waals surface area (Å²) in [5, 5.41) is 0. The summed E-state index contributed by atoms with van der Waals surface area (Å²) in [7, 11) is 1.40. The highest BCUT2D eigenvalue weighted by atomic mass is 16.5. The molecule has 0 aromatic heterocycles. The Morgan fingerprint density at radius 3 is 3.06 bits per heavy atom. The molecule has 1 saturated heterocycles. The summed E-state index contributed by atoms with van der Waals surface area (Å²) in [6, 6.07) is 0. The van der Waals surface area contributed by atoms with Crippen LogP contribution in [0.15, 0.2) is 11.6 Å². The van der Waals surface area contributed by atoms with Crippen molar-refractivity contribution in [1.82, 2.24) is 4.90 Å². The van der Waals surface area contributed by atoms with Crippen molar-refractivity contribution in [3.05, 3.63) is 11.6 Å². The second-order valence-corrected chi connectivity index (χ2v) is 4.17. The van der Waals surface area contributed by atoms with Crippen LogP contribution in [0.1, 0.15) is 20.3 Å². The van der Waals surface area contributed by atoms with Crippen molar-refractivity contribution >= 4 is 5.97 Å². The number of rotatable bonds is 3. The molecule has 0 radical (unpaired) electrons. The molecule has 0 N–H and O–H groups in total. The van der Waals surface area contributed by atoms with Gasteiger partial charge in [0.2, 0.25) is 0 Å². The molecule has 0 aromatic carbocycles. The fourth-order valence-electron chi connectivity index (χ4n) is 1.76. The number of carbonyl (C=O) groups excluding carboxylic acids is 1. The molecule has 1 rings (SSSR count). The number of ether oxygens (including phenoxy) is 2. The van der Waals surface area contributed by atoms with E-state index in [9.17, 15) is 4.79 Å². The van der Waals surface area contributed by atoms with Gasteiger partial charge in [-0.2, -0.15) is 0 Å². The van der Waals surface area contributed by atoms with E-state index < -0.39 is 0 Å². The Hall–Kier alpha value is -0.870. The highest BCUT2D eigenvalue weighted by Gasteiger charge is 2.14. The van der Waals surface area contributed by atoms with Crippen LogP contribution < -0.4 is 0 Å². The molecule has 1 unspecified atom stereocenters. The Labute approximate surface area is 97.2 Å². The number of nitrogens with zero attached hydrogens (tertiary/aromatic N) is 1. The lowest BCUT2D eigenvalue weighted by atomic mass is 10.2. The molecule has 0 spiro atoms. The summed E-state index contributed by atoms with van der Waals surface area (Å²) in [4.78, 5) is 13.5. The molecule has 1 heterocycles. The first-order chi connectivity index (χ1) is 7.63. The maximum atomic E-state index is 11.2. The molecule has 1 fully saturated rings. The number of hydrogen-bond acceptors (Lipinski definition) is 4. The van der Waals surface area contributed by atoms with Gasteiger partial charge >= 0.3 is 5.97 Å². The fourth-order valence-corrected chi connectivity index (χ4v) is 1.76. The van der Waals surface area contributed by atoms with E-state index in [0.717, 1.165) is 32.7 Å². The Bertz CT molecular complexity index is 263. The van der Waals surface area contributed by atoms with Gasteiger partial charge in [0, 0.05) is 31.8 Å². The maximum Gasteiger partial charge on any atom is 0.333 e. The summed E-state index contributed by atoms with van der Waals surface area (Å²) in [6.45, 7) is 7.42. The summed E-state index contributed by atoms with van der Waals surface area (Å²) in [6.07, 6.45) is 3.24. The van der Waals surface area contributed by atoms with Gasteiger partial charge in [0.05, 0.1) is 13.2 Å². The van der Waals surface area contributed by atoms with E-state index in [1.54, 1.807) is 6.92 Å². The first-order valence-electron chi connectivity index (χ1n) is 5.72. The van der Waals surface area contributed by atoms with E-state index in [1.807, 2.05) is 6.08 Å². The lowest BCUT2D eigenvalue weighted by Crippen LogP contribution is -2.30. The van der Waals surface area contributed by atoms with Crippen LogP contribution in [0.5, 0.6) is 0 Å². The molecule has 0 amide bonds. The standard InChI is InChI=1S/C12H21NO3/c1-10(12(14)15-3)5-7-13-6-4-8-16-11(2)9-13/h5,11H,4,6-9H2,1-3H3. The number of esters is 1. The van der Waals surface area contributed by atoms with Crippen molar-refractivity contribution in [2.24, 2.45) is 0 Å². The fraction of sp³-hybridized carbons (Fsp3) is 0.750. The van der Waals surface area contributed by atoms with Crippen LogP contribution in [0.3, 0.4) is 0 Å². The maximum absolute atomic E-state index is 11.2. The van der Waals surface area contributed by atoms with Crippen molar-refractivity contribution in [3.8, 4) is 0 Å². The van der Waals surface area contributed by atoms with E-state index in [0.29, 0.717) is 5.57 Å². The highest BCUT2D eigenvalue weighted by molar-refractivity contribution is 5.87. The molecule has 0 aliphatic carbocycles. The molecule has 4 heteroatoms. The van der Waals surface area contributed by atoms with Gasteiger partial charge in [-0.25, -0.2) is 4.79 Å². The summed E-state index contributed by atoms with van der Waals surface area (Å²) in [5.41, 5.74) is 0.667. The van der Waals surface area contributed by atoms with Gasteiger partial charge in [0.25, 0.3) is 0 Å². The van der Waals surface area contributed by atoms with Gasteiger partial charge < -0.3 is 9.47 Å². The molecule has 92 valence electrons. The lowest BCUT2D eigenvalue weighted by Gasteiger charge is -2.20. The van der Waals surface area contributed by atoms with Crippen molar-refractivity contribution in [1.29, 1.82) is 0 Å². The first kappa shape index (κ1) is 13.2. The van der Waals surface area contributed by atoms with Crippen molar-refractivity contribution in [2.45, 2.75) is 26.4 Å². The van der Waals surface area contributed by atoms with Crippen molar-refractivity contribution < 1.29 is 14.3 Å². The molecule has 1 atom stereocenters. The Morgan fingerprint density at radius 2 is 2.38 bits per heavy atom. The second kappa shape index (κ2) is 6.66. The predicted molar refractivity (Wildman–Crippen MR) is 62.2 cm³/mol. The highest BCUT2D eigenvalue weighted by Crippen LogP contribution is 2.06. The minimum absolute atomic E-state index is 0.251. The monoisotopic (exact) mass is 227 g/mol. The van der Waals surface area contributed by atoms with Gasteiger partial charge in [-0.15, -0.1) is 0 Å². The topological polar surface area (TPSA) is 38.8 Å². The van der Waals surface area contributed by atoms with Gasteiger partial charge in [0.1, 0.15) is 0 Å². The Kier molecular flexibility index (Phi) is 5.49. The van der Waals surface area contributed by atoms with Crippen LogP contribution in [0.25, 0.3) is 0 Å². The molecule has 1 aliphatic rings. The van der Waals surface area contributed by atoms with Gasteiger partial charge in [-0.3, -0.25) is 4.90 Å². The van der Waals surface area contributed by atoms with Crippen LogP contribution in [-0.2, 0) is 14.3 Å². The third-order valence-electron chi connectivity index (χ3n) is 2.70. The molecule has 0 bridgehead atoms. The second-order valence-electron chi connectivity index (χ2n) is 4.17. The van der Waals surface area contributed by atoms with Crippen molar-refractivity contribution in [3.63, 3.8) is 0 Å². The van der Waals surface area contributed by atoms with Gasteiger partial charge in [0.15, 0.2) is 0 Å². The van der Waals surface area contributed by atoms with Crippen LogP contribution in [-0.4, -0.2) is 50.3 Å². The quantitative estimate of drug-likeness (QED) is 0.537. The number of hydrogen-bond donors (Lipinski definition) is 0. The van der Waals surface area contributed by atoms with E-state index in [-0.39, 0.29) is 12.1 Å². The van der Waals surface area contributed by atoms with Gasteiger partial charge in [-0.1, -0.05) is 6.08 Å². The van der Waals surface area contributed by atoms with Crippen LogP contribution >= 0.6 is 0 Å². The Balaban J connectivity index is 2.43. The van der Waals surface area contributed by atoms with Crippen LogP contribution in [0, 0.1) is 0 Å². The molecule has 0 saturated carbocycles. The number of carbonyl (C=O) groups is 1. The molecular weight excluding hydrogens is 206 g/mol. The minimum atomic E-state index is -0.251. The third kappa shape index (κ3) is 4.33. The summed E-state index contributed by atoms with van der Waals surface area (Å²) >= 11 is 0. The minimum Gasteiger partial charge on any atom is -0.466 e. The third-order valence-corrected chi connectivity index (χ3v) is 2.70. The first-order valence-corrected chi connectivity index (χ1v) is 5.72. The number of methoxy groups -OCH3 is 1. The SMILES string of the molecule is COC(=O)C(C)=CCN1CCCOC(C)C1. The zero-order valence-electron chi connectivity index (χ0n) is 10.4. The van der Waals surface area contributed by atoms with Crippen molar-refractivity contribution in [2.75, 3.05) is 33.4 Å². The zero-order chi connectivity index (χ0) is 12.0. The lowest BCUT2D eigenvalue weighted by molar-refractivity contribution is -0.136. The molecule has 0 aromatic rings. The Morgan fingerprint density at radius 1 is 1.62 bits per heavy atom. The summed E-state index contributed by atoms with van der Waals surface area (Å²) in [5.74, 6) is -0.251. The normalized spacial score (nSPS) is 23.9. The molecule has 1 aliphatic heterocycles. The van der Waals surface area contributed by atoms with Gasteiger partial charge in [-0.05, 0) is 20.3 Å². The molecular formula is C12H21NO3. The average molecular weight is 227 g/mol. The van der Waals surface area contributed by atoms with Crippen LogP contribution in [0.4, 0.5) is 0 Å². The summed E-state index contributed by atoms with van der Waals surface area (Å²) < 4.78 is 10.2. The zero-order valence-corrected chi connectivity index (χ0v) is 10.4. The smallest absolute Gasteiger partial charge is 0.333 e. The molecule has 4 nitrogen and oxygen atoms in total. The average Bonchev–Trinajstić information content (AvgIpc) is 2.49. The van der Waals surface area contributed by atoms with E-state index >= 15 is 0 Å².